The Bertz CT molecular complexity index is 1920. The van der Waals surface area contributed by atoms with E-state index in [2.05, 4.69) is 28.2 Å². The average molecular weight is 1030 g/mol. The normalized spacial score (nSPS) is 14.6. The number of hydrogen-bond acceptors (Lipinski definition) is 6. The van der Waals surface area contributed by atoms with Crippen LogP contribution >= 0.6 is 0 Å². The molecule has 3 aromatic rings. The summed E-state index contributed by atoms with van der Waals surface area (Å²) in [5.41, 5.74) is -33.9. The fourth-order valence-corrected chi connectivity index (χ4v) is 6.02. The first-order chi connectivity index (χ1) is 29.7. The van der Waals surface area contributed by atoms with E-state index >= 15 is 0 Å². The molecule has 0 spiro atoms. The lowest BCUT2D eigenvalue weighted by Crippen LogP contribution is -2.55. The number of benzene rings is 3. The highest BCUT2D eigenvalue weighted by atomic mass is 19.5. The maximum atomic E-state index is 14.1. The van der Waals surface area contributed by atoms with Gasteiger partial charge >= 0.3 is 62.9 Å². The standard InChI is InChI=1S/C33H18BF27O6/c1-62-22(28(44,45)46,29(47,48)49)13-4-16(25(35,36)37)10-19(7-13)65-34(66-20-8-14(5-17(11-20)26(38,39)40)23(63-2,30(50,51)52)31(53,54)55)67-21-9-15(6-18(12-21)27(41,42)43)24(64-3,32(56,57)58)33(59,60)61/h4-12H,1-3H3. The second-order valence-corrected chi connectivity index (χ2v) is 13.0. The summed E-state index contributed by atoms with van der Waals surface area (Å²) in [6.45, 7) is 0. The molecule has 0 aliphatic rings. The minimum absolute atomic E-state index is 0.392. The Morgan fingerprint density at radius 2 is 0.433 bits per heavy atom. The first kappa shape index (κ1) is 56.4. The van der Waals surface area contributed by atoms with Crippen molar-refractivity contribution in [2.24, 2.45) is 0 Å². The van der Waals surface area contributed by atoms with Gasteiger partial charge in [0.25, 0.3) is 16.8 Å². The van der Waals surface area contributed by atoms with E-state index in [9.17, 15) is 119 Å². The van der Waals surface area contributed by atoms with Crippen LogP contribution in [0.4, 0.5) is 119 Å². The minimum Gasteiger partial charge on any atom is -0.490 e. The number of halogens is 27. The maximum Gasteiger partial charge on any atom is 0.864 e. The second kappa shape index (κ2) is 17.6. The Kier molecular flexibility index (Phi) is 14.8. The molecule has 34 heteroatoms. The van der Waals surface area contributed by atoms with Crippen LogP contribution in [0, 0.1) is 0 Å². The molecule has 0 heterocycles. The summed E-state index contributed by atoms with van der Waals surface area (Å²) in [6, 6.07) is -7.16. The second-order valence-electron chi connectivity index (χ2n) is 13.0. The Hall–Kier alpha value is -4.89. The van der Waals surface area contributed by atoms with Gasteiger partial charge in [0.15, 0.2) is 0 Å². The van der Waals surface area contributed by atoms with Crippen molar-refractivity contribution < 1.29 is 147 Å². The van der Waals surface area contributed by atoms with E-state index in [1.54, 1.807) is 0 Å². The molecule has 0 bridgehead atoms. The van der Waals surface area contributed by atoms with Crippen molar-refractivity contribution in [1.29, 1.82) is 0 Å². The molecule has 6 nitrogen and oxygen atoms in total. The van der Waals surface area contributed by atoms with E-state index in [-0.39, 0.29) is 0 Å². The summed E-state index contributed by atoms with van der Waals surface area (Å²) in [7, 11) is -5.20. The fraction of sp³-hybridized carbons (Fsp3) is 0.455. The average Bonchev–Trinajstić information content (AvgIpc) is 3.08. The molecule has 0 aromatic heterocycles. The van der Waals surface area contributed by atoms with Crippen molar-refractivity contribution in [1.82, 2.24) is 0 Å². The van der Waals surface area contributed by atoms with Gasteiger partial charge in [-0.2, -0.15) is 119 Å². The van der Waals surface area contributed by atoms with Crippen LogP contribution in [0.2, 0.25) is 0 Å². The summed E-state index contributed by atoms with van der Waals surface area (Å²) in [6.07, 6.45) is -59.6. The van der Waals surface area contributed by atoms with Crippen molar-refractivity contribution in [3.63, 3.8) is 0 Å². The molecule has 0 amide bonds. The van der Waals surface area contributed by atoms with Crippen LogP contribution in [0.15, 0.2) is 54.6 Å². The van der Waals surface area contributed by atoms with Crippen molar-refractivity contribution >= 4 is 7.32 Å². The summed E-state index contributed by atoms with van der Waals surface area (Å²) >= 11 is 0. The summed E-state index contributed by atoms with van der Waals surface area (Å²) in [5.74, 6) is -6.80. The van der Waals surface area contributed by atoms with Crippen LogP contribution in [-0.4, -0.2) is 65.7 Å². The van der Waals surface area contributed by atoms with Crippen molar-refractivity contribution in [2.75, 3.05) is 21.3 Å². The number of ether oxygens (including phenoxy) is 3. The third-order valence-electron chi connectivity index (χ3n) is 8.93. The highest BCUT2D eigenvalue weighted by Crippen LogP contribution is 2.57. The SMILES string of the molecule is COC(c1cc(OB(Oc2cc(C(F)(F)F)cc(C(OC)(C(F)(F)F)C(F)(F)F)c2)Oc2cc(C(F)(F)F)cc(C(OC)(C(F)(F)F)C(F)(F)F)c2)cc(C(F)(F)F)c1)(C(F)(F)F)C(F)(F)F. The number of rotatable bonds is 12. The number of alkyl halides is 27. The monoisotopic (exact) mass is 1030 g/mol. The lowest BCUT2D eigenvalue weighted by atomic mass is 9.89. The van der Waals surface area contributed by atoms with Crippen LogP contribution in [0.1, 0.15) is 33.4 Å². The molecular weight excluding hydrogens is 1020 g/mol. The molecule has 0 saturated carbocycles. The van der Waals surface area contributed by atoms with Gasteiger partial charge in [0.05, 0.1) is 16.7 Å². The van der Waals surface area contributed by atoms with Crippen molar-refractivity contribution in [3.8, 4) is 17.2 Å². The highest BCUT2D eigenvalue weighted by Gasteiger charge is 2.75. The van der Waals surface area contributed by atoms with Crippen molar-refractivity contribution in [3.05, 3.63) is 88.0 Å². The van der Waals surface area contributed by atoms with Gasteiger partial charge in [0, 0.05) is 38.0 Å². The van der Waals surface area contributed by atoms with Gasteiger partial charge in [-0.3, -0.25) is 0 Å². The first-order valence-corrected chi connectivity index (χ1v) is 16.5. The van der Waals surface area contributed by atoms with Crippen LogP contribution in [0.5, 0.6) is 17.2 Å². The van der Waals surface area contributed by atoms with Crippen LogP contribution in [0.3, 0.4) is 0 Å². The van der Waals surface area contributed by atoms with Crippen LogP contribution in [-0.2, 0) is 49.5 Å². The zero-order valence-electron chi connectivity index (χ0n) is 31.9. The van der Waals surface area contributed by atoms with Gasteiger partial charge in [0.2, 0.25) is 0 Å². The van der Waals surface area contributed by atoms with E-state index in [4.69, 9.17) is 0 Å². The Balaban J connectivity index is 2.62. The van der Waals surface area contributed by atoms with E-state index in [1.165, 1.54) is 0 Å². The van der Waals surface area contributed by atoms with Gasteiger partial charge in [-0.25, -0.2) is 0 Å². The summed E-state index contributed by atoms with van der Waals surface area (Å²) < 4.78 is 405. The van der Waals surface area contributed by atoms with E-state index < -0.39 is 206 Å². The van der Waals surface area contributed by atoms with Gasteiger partial charge in [-0.05, 0) is 54.6 Å². The summed E-state index contributed by atoms with van der Waals surface area (Å²) in [4.78, 5) is 0. The number of methoxy groups -OCH3 is 3. The molecule has 0 radical (unpaired) electrons. The predicted octanol–water partition coefficient (Wildman–Crippen LogP) is 13.2. The van der Waals surface area contributed by atoms with Gasteiger partial charge in [-0.15, -0.1) is 0 Å². The number of hydrogen-bond donors (Lipinski definition) is 0. The molecule has 378 valence electrons. The molecule has 0 atom stereocenters. The topological polar surface area (TPSA) is 55.4 Å². The molecule has 3 aromatic carbocycles. The van der Waals surface area contributed by atoms with Crippen LogP contribution in [0.25, 0.3) is 0 Å². The lowest BCUT2D eigenvalue weighted by Gasteiger charge is -2.37. The zero-order chi connectivity index (χ0) is 52.4. The smallest absolute Gasteiger partial charge is 0.490 e. The molecule has 0 saturated heterocycles. The Morgan fingerprint density at radius 1 is 0.269 bits per heavy atom. The Labute approximate surface area is 353 Å². The molecule has 3 rings (SSSR count). The lowest BCUT2D eigenvalue weighted by molar-refractivity contribution is -0.384. The molecule has 0 N–H and O–H groups in total. The highest BCUT2D eigenvalue weighted by molar-refractivity contribution is 6.39. The van der Waals surface area contributed by atoms with Crippen LogP contribution < -0.4 is 14.0 Å². The first-order valence-electron chi connectivity index (χ1n) is 16.5. The largest absolute Gasteiger partial charge is 0.864 e. The van der Waals surface area contributed by atoms with Crippen molar-refractivity contribution in [2.45, 2.75) is 72.4 Å². The van der Waals surface area contributed by atoms with E-state index in [0.29, 0.717) is 0 Å². The minimum atomic E-state index is -6.87. The zero-order valence-corrected chi connectivity index (χ0v) is 31.9. The van der Waals surface area contributed by atoms with Gasteiger partial charge < -0.3 is 28.2 Å². The molecule has 67 heavy (non-hydrogen) atoms. The van der Waals surface area contributed by atoms with Gasteiger partial charge in [-0.1, -0.05) is 0 Å². The molecule has 0 aliphatic carbocycles. The molecule has 0 fully saturated rings. The quantitative estimate of drug-likeness (QED) is 0.133. The Morgan fingerprint density at radius 3 is 0.567 bits per heavy atom. The molecular formula is C33H18BF27O6. The summed E-state index contributed by atoms with van der Waals surface area (Å²) in [5, 5.41) is 0. The van der Waals surface area contributed by atoms with E-state index in [1.807, 2.05) is 0 Å². The predicted molar refractivity (Wildman–Crippen MR) is 164 cm³/mol. The third-order valence-corrected chi connectivity index (χ3v) is 8.93. The maximum absolute atomic E-state index is 14.1. The molecule has 0 unspecified atom stereocenters. The van der Waals surface area contributed by atoms with E-state index in [0.717, 1.165) is 0 Å². The van der Waals surface area contributed by atoms with Gasteiger partial charge in [0.1, 0.15) is 17.2 Å². The third kappa shape index (κ3) is 10.6. The molecule has 0 aliphatic heterocycles. The fourth-order valence-electron chi connectivity index (χ4n) is 6.02.